The van der Waals surface area contributed by atoms with Gasteiger partial charge in [-0.1, -0.05) is 0 Å². The molecule has 0 aliphatic rings. The number of halogens is 1. The zero-order valence-electron chi connectivity index (χ0n) is 15.3. The van der Waals surface area contributed by atoms with Gasteiger partial charge in [-0.05, 0) is 67.3 Å². The molecule has 0 spiro atoms. The summed E-state index contributed by atoms with van der Waals surface area (Å²) in [6.45, 7) is 9.93. The molecule has 0 aromatic carbocycles. The van der Waals surface area contributed by atoms with E-state index in [4.69, 9.17) is 15.2 Å². The van der Waals surface area contributed by atoms with Gasteiger partial charge in [-0.15, -0.1) is 0 Å². The summed E-state index contributed by atoms with van der Waals surface area (Å²) in [6.07, 6.45) is -1.40. The van der Waals surface area contributed by atoms with Crippen LogP contribution in [0.2, 0.25) is 0 Å². The normalized spacial score (nSPS) is 13.2. The lowest BCUT2D eigenvalue weighted by atomic mass is 10.1. The third-order valence-corrected chi connectivity index (χ3v) is 2.69. The molecule has 0 heterocycles. The van der Waals surface area contributed by atoms with Crippen molar-refractivity contribution in [2.24, 2.45) is 5.73 Å². The number of ether oxygens (including phenoxy) is 2. The predicted octanol–water partition coefficient (Wildman–Crippen LogP) is 3.15. The Morgan fingerprint density at radius 3 is 1.67 bits per heavy atom. The summed E-state index contributed by atoms with van der Waals surface area (Å²) in [5, 5.41) is 0. The standard InChI is InChI=1S/C16H29FN2O5/c1-15(2,3)23-13(21)19(14(22)24-16(4,5)6)11(12(17)20)9-7-8-10-18/h11H,7-10,18H2,1-6H3/t11-/m1/s1. The zero-order chi connectivity index (χ0) is 19.1. The lowest BCUT2D eigenvalue weighted by Gasteiger charge is -2.31. The quantitative estimate of drug-likeness (QED) is 0.585. The third-order valence-electron chi connectivity index (χ3n) is 2.69. The van der Waals surface area contributed by atoms with Gasteiger partial charge < -0.3 is 15.2 Å². The molecular formula is C16H29FN2O5. The van der Waals surface area contributed by atoms with Crippen molar-refractivity contribution >= 4 is 18.2 Å². The Labute approximate surface area is 142 Å². The molecule has 24 heavy (non-hydrogen) atoms. The largest absolute Gasteiger partial charge is 0.443 e. The highest BCUT2D eigenvalue weighted by atomic mass is 19.1. The number of amides is 2. The van der Waals surface area contributed by atoms with E-state index in [-0.39, 0.29) is 6.42 Å². The fourth-order valence-electron chi connectivity index (χ4n) is 1.78. The van der Waals surface area contributed by atoms with Crippen molar-refractivity contribution in [1.29, 1.82) is 0 Å². The van der Waals surface area contributed by atoms with Gasteiger partial charge in [0.1, 0.15) is 17.2 Å². The van der Waals surface area contributed by atoms with Crippen molar-refractivity contribution in [2.75, 3.05) is 6.54 Å². The molecule has 0 bridgehead atoms. The highest BCUT2D eigenvalue weighted by molar-refractivity contribution is 5.93. The maximum absolute atomic E-state index is 13.5. The highest BCUT2D eigenvalue weighted by Crippen LogP contribution is 2.20. The number of unbranched alkanes of at least 4 members (excludes halogenated alkanes) is 1. The van der Waals surface area contributed by atoms with Gasteiger partial charge in [0.05, 0.1) is 0 Å². The van der Waals surface area contributed by atoms with Gasteiger partial charge in [-0.3, -0.25) is 4.79 Å². The van der Waals surface area contributed by atoms with E-state index in [0.29, 0.717) is 24.3 Å². The van der Waals surface area contributed by atoms with Crippen LogP contribution >= 0.6 is 0 Å². The van der Waals surface area contributed by atoms with E-state index >= 15 is 0 Å². The minimum atomic E-state index is -1.80. The molecule has 0 aliphatic carbocycles. The van der Waals surface area contributed by atoms with Crippen LogP contribution in [-0.4, -0.2) is 46.9 Å². The first-order valence-electron chi connectivity index (χ1n) is 7.93. The molecule has 0 aliphatic heterocycles. The molecule has 2 N–H and O–H groups in total. The first-order valence-corrected chi connectivity index (χ1v) is 7.93. The molecule has 2 amide bonds. The fraction of sp³-hybridized carbons (Fsp3) is 0.812. The Bertz CT molecular complexity index is 426. The summed E-state index contributed by atoms with van der Waals surface area (Å²) in [4.78, 5) is 36.4. The van der Waals surface area contributed by atoms with E-state index in [9.17, 15) is 18.8 Å². The maximum atomic E-state index is 13.5. The lowest BCUT2D eigenvalue weighted by Crippen LogP contribution is -2.51. The third kappa shape index (κ3) is 8.81. The number of imide groups is 1. The first kappa shape index (κ1) is 22.3. The second kappa shape index (κ2) is 8.96. The van der Waals surface area contributed by atoms with E-state index in [0.717, 1.165) is 0 Å². The molecule has 7 nitrogen and oxygen atoms in total. The molecule has 0 saturated heterocycles. The Hall–Kier alpha value is -1.70. The van der Waals surface area contributed by atoms with Crippen molar-refractivity contribution < 1.29 is 28.2 Å². The number of carbonyl (C=O) groups excluding carboxylic acids is 3. The summed E-state index contributed by atoms with van der Waals surface area (Å²) < 4.78 is 23.7. The molecule has 0 aromatic rings. The zero-order valence-corrected chi connectivity index (χ0v) is 15.3. The molecule has 0 fully saturated rings. The minimum Gasteiger partial charge on any atom is -0.443 e. The van der Waals surface area contributed by atoms with Crippen LogP contribution in [-0.2, 0) is 14.3 Å². The average Bonchev–Trinajstić information content (AvgIpc) is 2.32. The van der Waals surface area contributed by atoms with E-state index in [1.165, 1.54) is 0 Å². The fourth-order valence-corrected chi connectivity index (χ4v) is 1.78. The SMILES string of the molecule is CC(C)(C)OC(=O)N(C(=O)OC(C)(C)C)[C@H](CCCCN)C(=O)F. The smallest absolute Gasteiger partial charge is 0.420 e. The van der Waals surface area contributed by atoms with Gasteiger partial charge in [0.2, 0.25) is 0 Å². The molecule has 0 saturated carbocycles. The van der Waals surface area contributed by atoms with Gasteiger partial charge in [-0.25, -0.2) is 9.59 Å². The number of hydrogen-bond donors (Lipinski definition) is 1. The second-order valence-electron chi connectivity index (χ2n) is 7.44. The molecule has 0 radical (unpaired) electrons. The Kier molecular flexibility index (Phi) is 8.32. The van der Waals surface area contributed by atoms with Gasteiger partial charge in [-0.2, -0.15) is 9.29 Å². The van der Waals surface area contributed by atoms with Crippen molar-refractivity contribution in [3.8, 4) is 0 Å². The number of nitrogens with two attached hydrogens (primary N) is 1. The van der Waals surface area contributed by atoms with E-state index in [1.807, 2.05) is 0 Å². The monoisotopic (exact) mass is 348 g/mol. The van der Waals surface area contributed by atoms with Crippen LogP contribution < -0.4 is 5.73 Å². The summed E-state index contributed by atoms with van der Waals surface area (Å²) in [5.74, 6) is 0. The van der Waals surface area contributed by atoms with Gasteiger partial charge in [0, 0.05) is 0 Å². The number of nitrogens with zero attached hydrogens (tertiary/aromatic N) is 1. The van der Waals surface area contributed by atoms with E-state index < -0.39 is 35.5 Å². The first-order chi connectivity index (χ1) is 10.8. The van der Waals surface area contributed by atoms with Crippen molar-refractivity contribution in [1.82, 2.24) is 4.90 Å². The molecule has 0 aromatic heterocycles. The van der Waals surface area contributed by atoms with Crippen LogP contribution in [0, 0.1) is 0 Å². The van der Waals surface area contributed by atoms with E-state index in [1.54, 1.807) is 41.5 Å². The van der Waals surface area contributed by atoms with Gasteiger partial charge in [0.25, 0.3) is 0 Å². The molecule has 1 atom stereocenters. The molecule has 0 rings (SSSR count). The summed E-state index contributed by atoms with van der Waals surface area (Å²) in [6, 6.07) is -3.40. The number of carbonyl (C=O) groups is 3. The van der Waals surface area contributed by atoms with Crippen LogP contribution in [0.1, 0.15) is 60.8 Å². The summed E-state index contributed by atoms with van der Waals surface area (Å²) in [5.41, 5.74) is 3.54. The van der Waals surface area contributed by atoms with E-state index in [2.05, 4.69) is 0 Å². The maximum Gasteiger partial charge on any atom is 0.420 e. The van der Waals surface area contributed by atoms with Gasteiger partial charge >= 0.3 is 18.2 Å². The molecular weight excluding hydrogens is 319 g/mol. The van der Waals surface area contributed by atoms with Crippen molar-refractivity contribution in [2.45, 2.75) is 78.0 Å². The molecule has 0 unspecified atom stereocenters. The summed E-state index contributed by atoms with van der Waals surface area (Å²) >= 11 is 0. The van der Waals surface area contributed by atoms with Crippen molar-refractivity contribution in [3.05, 3.63) is 0 Å². The van der Waals surface area contributed by atoms with Gasteiger partial charge in [0.15, 0.2) is 0 Å². The van der Waals surface area contributed by atoms with Crippen LogP contribution in [0.3, 0.4) is 0 Å². The Balaban J connectivity index is 5.50. The lowest BCUT2D eigenvalue weighted by molar-refractivity contribution is -0.135. The minimum absolute atomic E-state index is 0.0506. The topological polar surface area (TPSA) is 98.9 Å². The Morgan fingerprint density at radius 2 is 1.38 bits per heavy atom. The van der Waals surface area contributed by atoms with Crippen LogP contribution in [0.4, 0.5) is 14.0 Å². The van der Waals surface area contributed by atoms with Crippen molar-refractivity contribution in [3.63, 3.8) is 0 Å². The van der Waals surface area contributed by atoms with Crippen LogP contribution in [0.25, 0.3) is 0 Å². The number of rotatable bonds is 6. The predicted molar refractivity (Wildman–Crippen MR) is 87.1 cm³/mol. The second-order valence-corrected chi connectivity index (χ2v) is 7.44. The highest BCUT2D eigenvalue weighted by Gasteiger charge is 2.40. The average molecular weight is 348 g/mol. The molecule has 8 heteroatoms. The van der Waals surface area contributed by atoms with Crippen LogP contribution in [0.15, 0.2) is 0 Å². The van der Waals surface area contributed by atoms with Crippen LogP contribution in [0.5, 0.6) is 0 Å². The number of hydrogen-bond acceptors (Lipinski definition) is 6. The Morgan fingerprint density at radius 1 is 0.958 bits per heavy atom. The summed E-state index contributed by atoms with van der Waals surface area (Å²) in [7, 11) is 0. The molecule has 140 valence electrons.